The van der Waals surface area contributed by atoms with Crippen molar-refractivity contribution in [2.45, 2.75) is 19.9 Å². The molecule has 1 aromatic carbocycles. The summed E-state index contributed by atoms with van der Waals surface area (Å²) in [5.74, 6) is -0.744. The molecular formula is C22H19FN4O2. The first kappa shape index (κ1) is 18.7. The summed E-state index contributed by atoms with van der Waals surface area (Å²) in [7, 11) is 0. The summed E-state index contributed by atoms with van der Waals surface area (Å²) in [5, 5.41) is 5.50. The summed E-state index contributed by atoms with van der Waals surface area (Å²) in [4.78, 5) is 33.1. The quantitative estimate of drug-likeness (QED) is 0.702. The van der Waals surface area contributed by atoms with E-state index in [1.165, 1.54) is 12.3 Å². The van der Waals surface area contributed by atoms with Crippen molar-refractivity contribution >= 4 is 11.8 Å². The van der Waals surface area contributed by atoms with E-state index in [1.807, 2.05) is 6.92 Å². The second-order valence-corrected chi connectivity index (χ2v) is 6.73. The van der Waals surface area contributed by atoms with Gasteiger partial charge in [-0.3, -0.25) is 14.6 Å². The highest BCUT2D eigenvalue weighted by Gasteiger charge is 2.26. The van der Waals surface area contributed by atoms with Gasteiger partial charge in [-0.2, -0.15) is 0 Å². The Balaban J connectivity index is 1.71. The number of carbonyl (C=O) groups excluding carboxylic acids is 2. The zero-order valence-electron chi connectivity index (χ0n) is 15.8. The summed E-state index contributed by atoms with van der Waals surface area (Å²) in [6.07, 6.45) is 1.88. The van der Waals surface area contributed by atoms with Crippen LogP contribution in [0.3, 0.4) is 0 Å². The molecule has 0 unspecified atom stereocenters. The maximum Gasteiger partial charge on any atom is 0.253 e. The lowest BCUT2D eigenvalue weighted by Gasteiger charge is -2.11. The fourth-order valence-electron chi connectivity index (χ4n) is 3.38. The maximum absolute atomic E-state index is 14.3. The lowest BCUT2D eigenvalue weighted by atomic mass is 9.99. The minimum absolute atomic E-state index is 0.183. The van der Waals surface area contributed by atoms with Gasteiger partial charge in [-0.05, 0) is 42.8 Å². The van der Waals surface area contributed by atoms with Gasteiger partial charge in [0, 0.05) is 30.4 Å². The second-order valence-electron chi connectivity index (χ2n) is 6.73. The number of pyridine rings is 2. The number of rotatable bonds is 5. The van der Waals surface area contributed by atoms with Gasteiger partial charge in [0.2, 0.25) is 0 Å². The molecule has 3 aromatic rings. The van der Waals surface area contributed by atoms with E-state index in [4.69, 9.17) is 0 Å². The molecule has 2 aromatic heterocycles. The number of carbonyl (C=O) groups is 2. The molecule has 2 amide bonds. The first-order valence-electron chi connectivity index (χ1n) is 9.36. The third-order valence-electron chi connectivity index (χ3n) is 4.77. The maximum atomic E-state index is 14.3. The van der Waals surface area contributed by atoms with Crippen LogP contribution in [0, 0.1) is 5.82 Å². The van der Waals surface area contributed by atoms with Gasteiger partial charge in [0.1, 0.15) is 5.82 Å². The molecule has 2 N–H and O–H groups in total. The fraction of sp³-hybridized carbons (Fsp3) is 0.182. The van der Waals surface area contributed by atoms with Crippen LogP contribution in [0.25, 0.3) is 11.3 Å². The highest BCUT2D eigenvalue weighted by atomic mass is 19.1. The van der Waals surface area contributed by atoms with Crippen molar-refractivity contribution in [3.8, 4) is 11.3 Å². The van der Waals surface area contributed by atoms with E-state index in [9.17, 15) is 14.0 Å². The number of hydrogen-bond donors (Lipinski definition) is 2. The van der Waals surface area contributed by atoms with Crippen LogP contribution in [0.15, 0.2) is 48.7 Å². The summed E-state index contributed by atoms with van der Waals surface area (Å²) >= 11 is 0. The lowest BCUT2D eigenvalue weighted by Crippen LogP contribution is -2.22. The predicted octanol–water partition coefficient (Wildman–Crippen LogP) is 2.87. The van der Waals surface area contributed by atoms with Crippen molar-refractivity contribution in [1.29, 1.82) is 0 Å². The topological polar surface area (TPSA) is 84.0 Å². The molecule has 0 atom stereocenters. The molecule has 7 heteroatoms. The van der Waals surface area contributed by atoms with Crippen molar-refractivity contribution in [3.05, 3.63) is 82.6 Å². The van der Waals surface area contributed by atoms with Crippen LogP contribution in [0.4, 0.5) is 4.39 Å². The molecule has 0 fully saturated rings. The first-order chi connectivity index (χ1) is 14.1. The second kappa shape index (κ2) is 7.79. The van der Waals surface area contributed by atoms with E-state index >= 15 is 0 Å². The Hall–Kier alpha value is -3.61. The van der Waals surface area contributed by atoms with Crippen LogP contribution < -0.4 is 10.6 Å². The van der Waals surface area contributed by atoms with Crippen LogP contribution in [0.1, 0.15) is 44.6 Å². The Kier molecular flexibility index (Phi) is 5.03. The summed E-state index contributed by atoms with van der Waals surface area (Å²) in [5.41, 5.74) is 3.87. The number of nitrogens with zero attached hydrogens (tertiary/aromatic N) is 2. The molecule has 0 saturated carbocycles. The van der Waals surface area contributed by atoms with E-state index in [2.05, 4.69) is 20.6 Å². The summed E-state index contributed by atoms with van der Waals surface area (Å²) < 4.78 is 14.3. The molecule has 0 aliphatic carbocycles. The first-order valence-corrected chi connectivity index (χ1v) is 9.36. The molecular weight excluding hydrogens is 371 g/mol. The normalized spacial score (nSPS) is 12.4. The van der Waals surface area contributed by atoms with Crippen molar-refractivity contribution in [2.75, 3.05) is 6.54 Å². The number of halogens is 1. The molecule has 0 saturated heterocycles. The molecule has 3 heterocycles. The van der Waals surface area contributed by atoms with E-state index in [0.717, 1.165) is 5.56 Å². The summed E-state index contributed by atoms with van der Waals surface area (Å²) in [6, 6.07) is 11.6. The minimum Gasteiger partial charge on any atom is -0.352 e. The average Bonchev–Trinajstić information content (AvgIpc) is 3.10. The van der Waals surface area contributed by atoms with Crippen LogP contribution in [-0.2, 0) is 13.0 Å². The predicted molar refractivity (Wildman–Crippen MR) is 106 cm³/mol. The molecule has 6 nitrogen and oxygen atoms in total. The standard InChI is InChI=1S/C22H19FN4O2/c1-2-24-21(28)13-7-8-15(25-11-13)9-14-10-18(16-5-3-4-6-17(16)23)27-19-12-26-22(29)20(14)19/h3-8,10-11H,2,9,12H2,1H3,(H,24,28)(H,26,29). The number of benzene rings is 1. The molecule has 1 aliphatic rings. The number of hydrogen-bond acceptors (Lipinski definition) is 4. The lowest BCUT2D eigenvalue weighted by molar-refractivity contribution is 0.0951. The van der Waals surface area contributed by atoms with Gasteiger partial charge in [0.15, 0.2) is 0 Å². The zero-order valence-corrected chi connectivity index (χ0v) is 15.8. The van der Waals surface area contributed by atoms with Crippen LogP contribution in [0.2, 0.25) is 0 Å². The van der Waals surface area contributed by atoms with Gasteiger partial charge in [0.05, 0.1) is 29.1 Å². The fourth-order valence-corrected chi connectivity index (χ4v) is 3.38. The Bertz CT molecular complexity index is 1100. The molecule has 1 aliphatic heterocycles. The molecule has 146 valence electrons. The molecule has 0 bridgehead atoms. The monoisotopic (exact) mass is 390 g/mol. The van der Waals surface area contributed by atoms with E-state index in [0.29, 0.717) is 53.3 Å². The highest BCUT2D eigenvalue weighted by molar-refractivity contribution is 5.99. The molecule has 0 spiro atoms. The van der Waals surface area contributed by atoms with Gasteiger partial charge in [-0.1, -0.05) is 12.1 Å². The zero-order chi connectivity index (χ0) is 20.4. The Morgan fingerprint density at radius 3 is 2.79 bits per heavy atom. The van der Waals surface area contributed by atoms with E-state index in [1.54, 1.807) is 36.4 Å². The van der Waals surface area contributed by atoms with Crippen molar-refractivity contribution in [2.24, 2.45) is 0 Å². The third kappa shape index (κ3) is 3.71. The van der Waals surface area contributed by atoms with Crippen LogP contribution in [0.5, 0.6) is 0 Å². The van der Waals surface area contributed by atoms with Crippen molar-refractivity contribution < 1.29 is 14.0 Å². The van der Waals surface area contributed by atoms with E-state index in [-0.39, 0.29) is 17.6 Å². The number of amides is 2. The van der Waals surface area contributed by atoms with Gasteiger partial charge >= 0.3 is 0 Å². The van der Waals surface area contributed by atoms with Crippen LogP contribution >= 0.6 is 0 Å². The molecule has 4 rings (SSSR count). The van der Waals surface area contributed by atoms with Crippen LogP contribution in [-0.4, -0.2) is 28.3 Å². The SMILES string of the molecule is CCNC(=O)c1ccc(Cc2cc(-c3ccccc3F)nc3c2C(=O)NC3)nc1. The van der Waals surface area contributed by atoms with E-state index < -0.39 is 0 Å². The van der Waals surface area contributed by atoms with Gasteiger partial charge in [-0.15, -0.1) is 0 Å². The number of nitrogens with one attached hydrogen (secondary N) is 2. The van der Waals surface area contributed by atoms with Crippen molar-refractivity contribution in [3.63, 3.8) is 0 Å². The summed E-state index contributed by atoms with van der Waals surface area (Å²) in [6.45, 7) is 2.70. The Morgan fingerprint density at radius 2 is 2.07 bits per heavy atom. The van der Waals surface area contributed by atoms with Gasteiger partial charge in [0.25, 0.3) is 11.8 Å². The Labute approximate surface area is 167 Å². The van der Waals surface area contributed by atoms with Crippen molar-refractivity contribution in [1.82, 2.24) is 20.6 Å². The number of fused-ring (bicyclic) bond motifs is 1. The van der Waals surface area contributed by atoms with Gasteiger partial charge < -0.3 is 10.6 Å². The molecule has 0 radical (unpaired) electrons. The van der Waals surface area contributed by atoms with Gasteiger partial charge in [-0.25, -0.2) is 9.37 Å². The highest BCUT2D eigenvalue weighted by Crippen LogP contribution is 2.28. The largest absolute Gasteiger partial charge is 0.352 e. The molecule has 29 heavy (non-hydrogen) atoms. The third-order valence-corrected chi connectivity index (χ3v) is 4.77. The Morgan fingerprint density at radius 1 is 1.24 bits per heavy atom. The minimum atomic E-state index is -0.368. The smallest absolute Gasteiger partial charge is 0.253 e. The average molecular weight is 390 g/mol. The number of aromatic nitrogens is 2.